The topological polar surface area (TPSA) is 83.8 Å². The van der Waals surface area contributed by atoms with Crippen molar-refractivity contribution in [1.82, 2.24) is 15.5 Å². The summed E-state index contributed by atoms with van der Waals surface area (Å²) in [5.74, 6) is 0. The van der Waals surface area contributed by atoms with E-state index in [1.165, 1.54) is 0 Å². The highest BCUT2D eigenvalue weighted by molar-refractivity contribution is 5.71. The van der Waals surface area contributed by atoms with Crippen LogP contribution in [0.5, 0.6) is 0 Å². The van der Waals surface area contributed by atoms with E-state index >= 15 is 0 Å². The van der Waals surface area contributed by atoms with E-state index in [-0.39, 0.29) is 0 Å². The zero-order chi connectivity index (χ0) is 8.10. The number of carbonyl (C=O) groups is 1. The van der Waals surface area contributed by atoms with Crippen molar-refractivity contribution in [3.8, 4) is 0 Å². The Kier molecular flexibility index (Phi) is 2.48. The summed E-state index contributed by atoms with van der Waals surface area (Å²) >= 11 is 0. The Balaban J connectivity index is 2.19. The number of aromatic amines is 1. The summed E-state index contributed by atoms with van der Waals surface area (Å²) in [4.78, 5) is 10.2. The maximum Gasteiger partial charge on any atom is 0.312 e. The van der Waals surface area contributed by atoms with E-state index in [1.54, 1.807) is 12.4 Å². The lowest BCUT2D eigenvalue weighted by atomic mass is 10.2. The molecule has 0 bridgehead atoms. The third kappa shape index (κ3) is 2.70. The SMILES string of the molecule is NC(=O)NCCc1cn[nH]c1. The zero-order valence-corrected chi connectivity index (χ0v) is 6.00. The van der Waals surface area contributed by atoms with Crippen LogP contribution in [0.2, 0.25) is 0 Å². The van der Waals surface area contributed by atoms with Crippen LogP contribution in [-0.4, -0.2) is 22.8 Å². The number of nitrogens with zero attached hydrogens (tertiary/aromatic N) is 1. The standard InChI is InChI=1S/C6H10N4O/c7-6(11)8-2-1-5-3-9-10-4-5/h3-4H,1-2H2,(H,9,10)(H3,7,8,11). The molecule has 0 unspecified atom stereocenters. The number of primary amides is 1. The highest BCUT2D eigenvalue weighted by Gasteiger charge is 1.94. The first-order valence-corrected chi connectivity index (χ1v) is 3.30. The summed E-state index contributed by atoms with van der Waals surface area (Å²) in [6.07, 6.45) is 4.24. The zero-order valence-electron chi connectivity index (χ0n) is 6.00. The van der Waals surface area contributed by atoms with Crippen LogP contribution >= 0.6 is 0 Å². The minimum absolute atomic E-state index is 0.492. The van der Waals surface area contributed by atoms with Crippen LogP contribution in [0.3, 0.4) is 0 Å². The third-order valence-electron chi connectivity index (χ3n) is 1.27. The van der Waals surface area contributed by atoms with Gasteiger partial charge in [-0.1, -0.05) is 0 Å². The lowest BCUT2D eigenvalue weighted by Crippen LogP contribution is -2.30. The number of rotatable bonds is 3. The van der Waals surface area contributed by atoms with Gasteiger partial charge in [0.1, 0.15) is 0 Å². The minimum atomic E-state index is -0.492. The molecule has 1 heterocycles. The van der Waals surface area contributed by atoms with Gasteiger partial charge < -0.3 is 11.1 Å². The number of aromatic nitrogens is 2. The van der Waals surface area contributed by atoms with Gasteiger partial charge in [-0.2, -0.15) is 5.10 Å². The summed E-state index contributed by atoms with van der Waals surface area (Å²) in [6.45, 7) is 0.550. The number of hydrogen-bond donors (Lipinski definition) is 3. The summed E-state index contributed by atoms with van der Waals surface area (Å²) in [6, 6.07) is -0.492. The lowest BCUT2D eigenvalue weighted by molar-refractivity contribution is 0.249. The van der Waals surface area contributed by atoms with Crippen molar-refractivity contribution in [3.05, 3.63) is 18.0 Å². The second-order valence-corrected chi connectivity index (χ2v) is 2.15. The Hall–Kier alpha value is -1.52. The van der Waals surface area contributed by atoms with Crippen molar-refractivity contribution in [2.75, 3.05) is 6.54 Å². The molecule has 0 fully saturated rings. The van der Waals surface area contributed by atoms with E-state index in [1.807, 2.05) is 0 Å². The molecular formula is C6H10N4O. The smallest absolute Gasteiger partial charge is 0.312 e. The van der Waals surface area contributed by atoms with Gasteiger partial charge in [0.25, 0.3) is 0 Å². The van der Waals surface area contributed by atoms with Gasteiger partial charge >= 0.3 is 6.03 Å². The monoisotopic (exact) mass is 154 g/mol. The molecule has 1 aromatic heterocycles. The number of amides is 2. The Morgan fingerprint density at radius 3 is 3.18 bits per heavy atom. The van der Waals surface area contributed by atoms with Crippen LogP contribution in [0.4, 0.5) is 4.79 Å². The molecule has 0 atom stereocenters. The van der Waals surface area contributed by atoms with E-state index in [9.17, 15) is 4.79 Å². The van der Waals surface area contributed by atoms with E-state index < -0.39 is 6.03 Å². The molecule has 0 aromatic carbocycles. The molecule has 2 amide bonds. The normalized spacial score (nSPS) is 9.45. The van der Waals surface area contributed by atoms with Crippen LogP contribution in [0.1, 0.15) is 5.56 Å². The Morgan fingerprint density at radius 1 is 1.82 bits per heavy atom. The first-order chi connectivity index (χ1) is 5.29. The molecule has 0 saturated heterocycles. The molecule has 5 heteroatoms. The maximum absolute atomic E-state index is 10.2. The fraction of sp³-hybridized carbons (Fsp3) is 0.333. The Morgan fingerprint density at radius 2 is 2.64 bits per heavy atom. The van der Waals surface area contributed by atoms with E-state index in [4.69, 9.17) is 5.73 Å². The lowest BCUT2D eigenvalue weighted by Gasteiger charge is -1.97. The third-order valence-corrected chi connectivity index (χ3v) is 1.27. The first kappa shape index (κ1) is 7.59. The quantitative estimate of drug-likeness (QED) is 0.554. The molecule has 0 aliphatic rings. The summed E-state index contributed by atoms with van der Waals surface area (Å²) in [5.41, 5.74) is 5.91. The summed E-state index contributed by atoms with van der Waals surface area (Å²) in [5, 5.41) is 8.91. The summed E-state index contributed by atoms with van der Waals surface area (Å²) in [7, 11) is 0. The highest BCUT2D eigenvalue weighted by atomic mass is 16.2. The maximum atomic E-state index is 10.2. The first-order valence-electron chi connectivity index (χ1n) is 3.30. The fourth-order valence-corrected chi connectivity index (χ4v) is 0.744. The number of hydrogen-bond acceptors (Lipinski definition) is 2. The van der Waals surface area contributed by atoms with Crippen LogP contribution in [0, 0.1) is 0 Å². The van der Waals surface area contributed by atoms with Gasteiger partial charge in [0.05, 0.1) is 6.20 Å². The highest BCUT2D eigenvalue weighted by Crippen LogP contribution is 1.92. The predicted octanol–water partition coefficient (Wildman–Crippen LogP) is -0.380. The Bertz CT molecular complexity index is 218. The second kappa shape index (κ2) is 3.60. The van der Waals surface area contributed by atoms with E-state index in [0.29, 0.717) is 6.54 Å². The van der Waals surface area contributed by atoms with Crippen molar-refractivity contribution < 1.29 is 4.79 Å². The molecule has 0 radical (unpaired) electrons. The number of nitrogens with one attached hydrogen (secondary N) is 2. The minimum Gasteiger partial charge on any atom is -0.352 e. The van der Waals surface area contributed by atoms with Crippen LogP contribution in [0.15, 0.2) is 12.4 Å². The fourth-order valence-electron chi connectivity index (χ4n) is 0.744. The van der Waals surface area contributed by atoms with Gasteiger partial charge in [0.15, 0.2) is 0 Å². The van der Waals surface area contributed by atoms with Crippen molar-refractivity contribution in [1.29, 1.82) is 0 Å². The molecule has 1 aromatic rings. The van der Waals surface area contributed by atoms with Crippen molar-refractivity contribution in [2.45, 2.75) is 6.42 Å². The molecule has 0 aliphatic carbocycles. The van der Waals surface area contributed by atoms with E-state index in [0.717, 1.165) is 12.0 Å². The van der Waals surface area contributed by atoms with Crippen LogP contribution in [-0.2, 0) is 6.42 Å². The largest absolute Gasteiger partial charge is 0.352 e. The number of H-pyrrole nitrogens is 1. The van der Waals surface area contributed by atoms with Gasteiger partial charge in [-0.05, 0) is 12.0 Å². The van der Waals surface area contributed by atoms with Crippen LogP contribution in [0.25, 0.3) is 0 Å². The van der Waals surface area contributed by atoms with Crippen LogP contribution < -0.4 is 11.1 Å². The van der Waals surface area contributed by atoms with Crippen molar-refractivity contribution >= 4 is 6.03 Å². The average molecular weight is 154 g/mol. The Labute approximate surface area is 64.0 Å². The molecule has 0 saturated carbocycles. The number of carbonyl (C=O) groups excluding carboxylic acids is 1. The van der Waals surface area contributed by atoms with Gasteiger partial charge in [-0.3, -0.25) is 5.10 Å². The molecular weight excluding hydrogens is 144 g/mol. The average Bonchev–Trinajstić information content (AvgIpc) is 2.39. The molecule has 60 valence electrons. The van der Waals surface area contributed by atoms with Gasteiger partial charge in [0, 0.05) is 12.7 Å². The molecule has 5 nitrogen and oxygen atoms in total. The predicted molar refractivity (Wildman–Crippen MR) is 39.9 cm³/mol. The van der Waals surface area contributed by atoms with Crippen molar-refractivity contribution in [2.24, 2.45) is 5.73 Å². The molecule has 1 rings (SSSR count). The molecule has 11 heavy (non-hydrogen) atoms. The molecule has 0 aliphatic heterocycles. The number of nitrogens with two attached hydrogens (primary N) is 1. The second-order valence-electron chi connectivity index (χ2n) is 2.15. The van der Waals surface area contributed by atoms with Gasteiger partial charge in [-0.25, -0.2) is 4.79 Å². The van der Waals surface area contributed by atoms with Crippen molar-refractivity contribution in [3.63, 3.8) is 0 Å². The van der Waals surface area contributed by atoms with Gasteiger partial charge in [0.2, 0.25) is 0 Å². The van der Waals surface area contributed by atoms with Gasteiger partial charge in [-0.15, -0.1) is 0 Å². The number of urea groups is 1. The summed E-state index contributed by atoms with van der Waals surface area (Å²) < 4.78 is 0. The van der Waals surface area contributed by atoms with E-state index in [2.05, 4.69) is 15.5 Å². The molecule has 0 spiro atoms. The molecule has 4 N–H and O–H groups in total.